The average molecular weight is 183 g/mol. The molecule has 0 atom stereocenters. The number of rotatable bonds is 3. The number of hydrogen-bond acceptors (Lipinski definition) is 4. The predicted octanol–water partition coefficient (Wildman–Crippen LogP) is 1.00. The number of aromatic carboxylic acids is 1. The molecule has 1 N–H and O–H groups in total. The second-order valence-corrected chi connectivity index (χ2v) is 2.33. The van der Waals surface area contributed by atoms with Crippen LogP contribution in [0.15, 0.2) is 17.1 Å². The van der Waals surface area contributed by atoms with Crippen LogP contribution < -0.4 is 0 Å². The van der Waals surface area contributed by atoms with Crippen LogP contribution in [0.1, 0.15) is 16.2 Å². The van der Waals surface area contributed by atoms with Crippen molar-refractivity contribution in [3.8, 4) is 0 Å². The van der Waals surface area contributed by atoms with Crippen LogP contribution in [0.3, 0.4) is 0 Å². The molecule has 1 heterocycles. The standard InChI is InChI=1S/C6H6N3O2P/c10-6(11)5-3-7-1-4(9-5)2-8-12/h1,3,12H,2H2,(H,10,11). The highest BCUT2D eigenvalue weighted by molar-refractivity contribution is 7.03. The Bertz CT molecular complexity index is 315. The fraction of sp³-hybridized carbons (Fsp3) is 0.167. The first-order valence-electron chi connectivity index (χ1n) is 3.11. The van der Waals surface area contributed by atoms with Gasteiger partial charge in [-0.25, -0.2) is 9.78 Å². The van der Waals surface area contributed by atoms with Crippen LogP contribution in [-0.4, -0.2) is 21.0 Å². The highest BCUT2D eigenvalue weighted by Gasteiger charge is 2.04. The van der Waals surface area contributed by atoms with Crippen LogP contribution in [0.5, 0.6) is 0 Å². The zero-order valence-corrected chi connectivity index (χ0v) is 7.06. The van der Waals surface area contributed by atoms with Gasteiger partial charge in [-0.15, -0.1) is 0 Å². The van der Waals surface area contributed by atoms with E-state index in [1.54, 1.807) is 0 Å². The summed E-state index contributed by atoms with van der Waals surface area (Å²) in [7, 11) is 2.90. The van der Waals surface area contributed by atoms with E-state index < -0.39 is 5.97 Å². The van der Waals surface area contributed by atoms with Gasteiger partial charge >= 0.3 is 5.97 Å². The molecule has 0 aliphatic carbocycles. The molecule has 5 nitrogen and oxygen atoms in total. The Labute approximate surface area is 70.8 Å². The second-order valence-electron chi connectivity index (χ2n) is 2.02. The van der Waals surface area contributed by atoms with Crippen molar-refractivity contribution in [3.05, 3.63) is 23.8 Å². The van der Waals surface area contributed by atoms with E-state index in [1.807, 2.05) is 0 Å². The molecular weight excluding hydrogens is 177 g/mol. The minimum absolute atomic E-state index is 0.0668. The maximum absolute atomic E-state index is 10.4. The van der Waals surface area contributed by atoms with Gasteiger partial charge in [0.05, 0.1) is 24.6 Å². The summed E-state index contributed by atoms with van der Waals surface area (Å²) < 4.78 is 3.62. The van der Waals surface area contributed by atoms with Crippen molar-refractivity contribution in [1.29, 1.82) is 0 Å². The van der Waals surface area contributed by atoms with Crippen molar-refractivity contribution in [3.63, 3.8) is 0 Å². The first kappa shape index (κ1) is 8.74. The van der Waals surface area contributed by atoms with Gasteiger partial charge in [0.1, 0.15) is 0 Å². The van der Waals surface area contributed by atoms with E-state index in [2.05, 4.69) is 23.7 Å². The van der Waals surface area contributed by atoms with Crippen molar-refractivity contribution in [1.82, 2.24) is 9.97 Å². The lowest BCUT2D eigenvalue weighted by molar-refractivity contribution is 0.0689. The Morgan fingerprint density at radius 2 is 2.42 bits per heavy atom. The molecule has 0 unspecified atom stereocenters. The fourth-order valence-electron chi connectivity index (χ4n) is 0.667. The zero-order chi connectivity index (χ0) is 8.97. The van der Waals surface area contributed by atoms with Crippen LogP contribution in [0.4, 0.5) is 0 Å². The van der Waals surface area contributed by atoms with Gasteiger partial charge in [-0.3, -0.25) is 9.73 Å². The highest BCUT2D eigenvalue weighted by Crippen LogP contribution is 1.98. The van der Waals surface area contributed by atoms with E-state index in [4.69, 9.17) is 5.11 Å². The summed E-state index contributed by atoms with van der Waals surface area (Å²) in [6, 6.07) is 0. The average Bonchev–Trinajstić information content (AvgIpc) is 2.05. The molecule has 0 bridgehead atoms. The quantitative estimate of drug-likeness (QED) is 0.709. The van der Waals surface area contributed by atoms with Gasteiger partial charge in [0.15, 0.2) is 5.69 Å². The van der Waals surface area contributed by atoms with Crippen LogP contribution >= 0.6 is 9.03 Å². The molecule has 0 radical (unpaired) electrons. The van der Waals surface area contributed by atoms with Crippen LogP contribution in [0.2, 0.25) is 0 Å². The van der Waals surface area contributed by atoms with E-state index in [0.717, 1.165) is 0 Å². The van der Waals surface area contributed by atoms with E-state index in [1.165, 1.54) is 12.4 Å². The third-order valence-corrected chi connectivity index (χ3v) is 1.30. The molecule has 0 saturated carbocycles. The molecular formula is C6H6N3O2P. The Balaban J connectivity index is 2.95. The zero-order valence-electron chi connectivity index (χ0n) is 6.06. The summed E-state index contributed by atoms with van der Waals surface area (Å²) in [4.78, 5) is 17.9. The smallest absolute Gasteiger partial charge is 0.356 e. The molecule has 12 heavy (non-hydrogen) atoms. The summed E-state index contributed by atoms with van der Waals surface area (Å²) >= 11 is 0. The van der Waals surface area contributed by atoms with E-state index in [0.29, 0.717) is 12.2 Å². The summed E-state index contributed by atoms with van der Waals surface area (Å²) in [6.45, 7) is 0.311. The molecule has 0 aromatic carbocycles. The topological polar surface area (TPSA) is 75.4 Å². The molecule has 62 valence electrons. The van der Waals surface area contributed by atoms with E-state index in [9.17, 15) is 4.79 Å². The first-order chi connectivity index (χ1) is 5.74. The third-order valence-electron chi connectivity index (χ3n) is 1.14. The lowest BCUT2D eigenvalue weighted by Gasteiger charge is -1.95. The monoisotopic (exact) mass is 183 g/mol. The van der Waals surface area contributed by atoms with Gasteiger partial charge in [0.25, 0.3) is 0 Å². The Morgan fingerprint density at radius 1 is 1.67 bits per heavy atom. The highest BCUT2D eigenvalue weighted by atomic mass is 31.0. The Kier molecular flexibility index (Phi) is 2.82. The largest absolute Gasteiger partial charge is 0.476 e. The van der Waals surface area contributed by atoms with Gasteiger partial charge in [0.2, 0.25) is 0 Å². The minimum atomic E-state index is -1.08. The van der Waals surface area contributed by atoms with E-state index in [-0.39, 0.29) is 5.69 Å². The van der Waals surface area contributed by atoms with Gasteiger partial charge in [-0.2, -0.15) is 0 Å². The molecule has 0 aliphatic rings. The number of hydrogen-bond donors (Lipinski definition) is 1. The predicted molar refractivity (Wildman–Crippen MR) is 43.4 cm³/mol. The van der Waals surface area contributed by atoms with Gasteiger partial charge in [-0.05, 0) is 9.03 Å². The molecule has 0 saturated heterocycles. The van der Waals surface area contributed by atoms with Crippen LogP contribution in [0, 0.1) is 0 Å². The molecule has 0 spiro atoms. The normalized spacial score (nSPS) is 9.33. The van der Waals surface area contributed by atoms with Crippen molar-refractivity contribution >= 4 is 15.0 Å². The second kappa shape index (κ2) is 3.88. The first-order valence-corrected chi connectivity index (χ1v) is 3.56. The molecule has 6 heteroatoms. The Morgan fingerprint density at radius 3 is 3.00 bits per heavy atom. The number of aromatic nitrogens is 2. The summed E-state index contributed by atoms with van der Waals surface area (Å²) in [5.74, 6) is -1.08. The van der Waals surface area contributed by atoms with Crippen molar-refractivity contribution < 1.29 is 9.90 Å². The lowest BCUT2D eigenvalue weighted by atomic mass is 10.4. The molecule has 1 rings (SSSR count). The van der Waals surface area contributed by atoms with Gasteiger partial charge in [0, 0.05) is 0 Å². The minimum Gasteiger partial charge on any atom is -0.476 e. The molecule has 1 aromatic heterocycles. The van der Waals surface area contributed by atoms with Crippen LogP contribution in [0.25, 0.3) is 0 Å². The summed E-state index contributed by atoms with van der Waals surface area (Å²) in [6.07, 6.45) is 2.66. The maximum atomic E-state index is 10.4. The van der Waals surface area contributed by atoms with Crippen molar-refractivity contribution in [2.45, 2.75) is 6.54 Å². The lowest BCUT2D eigenvalue weighted by Crippen LogP contribution is -2.03. The molecule has 1 aromatic rings. The van der Waals surface area contributed by atoms with E-state index >= 15 is 0 Å². The molecule has 0 amide bonds. The molecule has 0 aliphatic heterocycles. The SMILES string of the molecule is O=C(O)c1cncc(CN=P)n1. The van der Waals surface area contributed by atoms with Gasteiger partial charge < -0.3 is 5.11 Å². The summed E-state index contributed by atoms with van der Waals surface area (Å²) in [5, 5.41) is 8.53. The maximum Gasteiger partial charge on any atom is 0.356 e. The van der Waals surface area contributed by atoms with Crippen LogP contribution in [-0.2, 0) is 6.54 Å². The number of carbonyl (C=O) groups is 1. The number of nitrogens with zero attached hydrogens (tertiary/aromatic N) is 3. The Hall–Kier alpha value is -1.35. The van der Waals surface area contributed by atoms with Gasteiger partial charge in [-0.1, -0.05) is 0 Å². The third kappa shape index (κ3) is 2.07. The van der Waals surface area contributed by atoms with Crippen molar-refractivity contribution in [2.24, 2.45) is 4.74 Å². The summed E-state index contributed by atoms with van der Waals surface area (Å²) in [5.41, 5.74) is 0.452. The number of carboxylic acids is 1. The molecule has 0 fully saturated rings. The number of carboxylic acid groups (broad SMARTS) is 1. The van der Waals surface area contributed by atoms with Crippen molar-refractivity contribution in [2.75, 3.05) is 0 Å². The fourth-order valence-corrected chi connectivity index (χ4v) is 0.829.